The van der Waals surface area contributed by atoms with Crippen molar-refractivity contribution in [1.29, 1.82) is 0 Å². The number of imide groups is 1. The van der Waals surface area contributed by atoms with Gasteiger partial charge < -0.3 is 10.1 Å². The SMILES string of the molecule is C#CCNS(=O)(=O)c1cccc(C(=O)OCC(=O)NC(=O)NC2CC2)c1. The average molecular weight is 379 g/mol. The van der Waals surface area contributed by atoms with Crippen molar-refractivity contribution in [2.24, 2.45) is 0 Å². The Morgan fingerprint density at radius 2 is 2.00 bits per heavy atom. The van der Waals surface area contributed by atoms with Gasteiger partial charge in [0.05, 0.1) is 17.0 Å². The van der Waals surface area contributed by atoms with Crippen LogP contribution in [0.2, 0.25) is 0 Å². The predicted molar refractivity (Wildman–Crippen MR) is 90.4 cm³/mol. The van der Waals surface area contributed by atoms with Gasteiger partial charge >= 0.3 is 12.0 Å². The highest BCUT2D eigenvalue weighted by atomic mass is 32.2. The minimum atomic E-state index is -3.86. The number of carbonyl (C=O) groups excluding carboxylic acids is 3. The van der Waals surface area contributed by atoms with Gasteiger partial charge in [0.25, 0.3) is 5.91 Å². The van der Waals surface area contributed by atoms with E-state index in [1.54, 1.807) is 0 Å². The summed E-state index contributed by atoms with van der Waals surface area (Å²) < 4.78 is 30.9. The van der Waals surface area contributed by atoms with Crippen molar-refractivity contribution < 1.29 is 27.5 Å². The van der Waals surface area contributed by atoms with Crippen LogP contribution in [0.3, 0.4) is 0 Å². The van der Waals surface area contributed by atoms with Crippen LogP contribution in [0, 0.1) is 12.3 Å². The summed E-state index contributed by atoms with van der Waals surface area (Å²) in [6.45, 7) is -0.872. The molecule has 1 aliphatic rings. The quantitative estimate of drug-likeness (QED) is 0.442. The molecule has 0 heterocycles. The van der Waals surface area contributed by atoms with Crippen molar-refractivity contribution in [3.63, 3.8) is 0 Å². The lowest BCUT2D eigenvalue weighted by atomic mass is 10.2. The molecule has 0 bridgehead atoms. The largest absolute Gasteiger partial charge is 0.452 e. The lowest BCUT2D eigenvalue weighted by Gasteiger charge is -2.08. The Labute approximate surface area is 150 Å². The Balaban J connectivity index is 1.90. The molecule has 2 rings (SSSR count). The van der Waals surface area contributed by atoms with Gasteiger partial charge in [-0.15, -0.1) is 6.42 Å². The first-order valence-corrected chi connectivity index (χ1v) is 9.11. The van der Waals surface area contributed by atoms with Gasteiger partial charge in [-0.05, 0) is 31.0 Å². The summed E-state index contributed by atoms with van der Waals surface area (Å²) in [5.41, 5.74) is -0.0659. The molecule has 0 saturated heterocycles. The Morgan fingerprint density at radius 3 is 2.65 bits per heavy atom. The van der Waals surface area contributed by atoms with Gasteiger partial charge in [-0.3, -0.25) is 10.1 Å². The number of ether oxygens (including phenoxy) is 1. The van der Waals surface area contributed by atoms with Crippen LogP contribution in [0.4, 0.5) is 4.79 Å². The van der Waals surface area contributed by atoms with E-state index in [1.165, 1.54) is 18.2 Å². The molecule has 3 N–H and O–H groups in total. The maximum absolute atomic E-state index is 12.0. The fraction of sp³-hybridized carbons (Fsp3) is 0.312. The summed E-state index contributed by atoms with van der Waals surface area (Å²) in [6.07, 6.45) is 6.74. The molecule has 26 heavy (non-hydrogen) atoms. The van der Waals surface area contributed by atoms with Gasteiger partial charge in [0, 0.05) is 6.04 Å². The third-order valence-corrected chi connectivity index (χ3v) is 4.64. The molecule has 1 aromatic rings. The second kappa shape index (κ2) is 8.46. The van der Waals surface area contributed by atoms with Crippen molar-refractivity contribution >= 4 is 27.9 Å². The number of terminal acetylenes is 1. The standard InChI is InChI=1S/C16H17N3O6S/c1-2-8-17-26(23,24)13-5-3-4-11(9-13)15(21)25-10-14(20)19-16(22)18-12-6-7-12/h1,3-5,9,12,17H,6-8,10H2,(H2,18,19,20,22). The molecular formula is C16H17N3O6S. The van der Waals surface area contributed by atoms with Crippen LogP contribution >= 0.6 is 0 Å². The van der Waals surface area contributed by atoms with Crippen molar-refractivity contribution in [3.05, 3.63) is 29.8 Å². The average Bonchev–Trinajstić information content (AvgIpc) is 3.41. The molecule has 1 fully saturated rings. The first-order valence-electron chi connectivity index (χ1n) is 7.62. The fourth-order valence-electron chi connectivity index (χ4n) is 1.84. The summed E-state index contributed by atoms with van der Waals surface area (Å²) >= 11 is 0. The minimum Gasteiger partial charge on any atom is -0.452 e. The van der Waals surface area contributed by atoms with Crippen LogP contribution in [-0.4, -0.2) is 45.5 Å². The Bertz CT molecular complexity index is 855. The maximum Gasteiger partial charge on any atom is 0.338 e. The van der Waals surface area contributed by atoms with Crippen LogP contribution < -0.4 is 15.4 Å². The summed E-state index contributed by atoms with van der Waals surface area (Å²) in [4.78, 5) is 34.7. The molecule has 0 aromatic heterocycles. The molecule has 0 spiro atoms. The van der Waals surface area contributed by atoms with Crippen molar-refractivity contribution in [3.8, 4) is 12.3 Å². The number of urea groups is 1. The smallest absolute Gasteiger partial charge is 0.338 e. The van der Waals surface area contributed by atoms with Gasteiger partial charge in [-0.2, -0.15) is 4.72 Å². The van der Waals surface area contributed by atoms with E-state index in [0.29, 0.717) is 0 Å². The van der Waals surface area contributed by atoms with Crippen LogP contribution in [0.1, 0.15) is 23.2 Å². The lowest BCUT2D eigenvalue weighted by molar-refractivity contribution is -0.123. The second-order valence-electron chi connectivity index (χ2n) is 5.43. The van der Waals surface area contributed by atoms with Crippen LogP contribution in [0.5, 0.6) is 0 Å². The first kappa shape index (κ1) is 19.4. The third-order valence-electron chi connectivity index (χ3n) is 3.24. The molecule has 0 aliphatic heterocycles. The third kappa shape index (κ3) is 5.87. The molecule has 0 unspecified atom stereocenters. The molecular weight excluding hydrogens is 362 g/mol. The molecule has 138 valence electrons. The predicted octanol–water partition coefficient (Wildman–Crippen LogP) is -0.257. The summed E-state index contributed by atoms with van der Waals surface area (Å²) in [5, 5.41) is 4.57. The van der Waals surface area contributed by atoms with E-state index in [-0.39, 0.29) is 23.0 Å². The zero-order chi connectivity index (χ0) is 19.2. The molecule has 0 radical (unpaired) electrons. The highest BCUT2D eigenvalue weighted by Crippen LogP contribution is 2.18. The number of nitrogens with one attached hydrogen (secondary N) is 3. The Morgan fingerprint density at radius 1 is 1.27 bits per heavy atom. The zero-order valence-corrected chi connectivity index (χ0v) is 14.5. The van der Waals surface area contributed by atoms with Crippen molar-refractivity contribution in [1.82, 2.24) is 15.4 Å². The van der Waals surface area contributed by atoms with Gasteiger partial charge in [0.2, 0.25) is 10.0 Å². The summed E-state index contributed by atoms with van der Waals surface area (Å²) in [5.74, 6) is 0.435. The first-order chi connectivity index (χ1) is 12.3. The number of hydrogen-bond donors (Lipinski definition) is 3. The molecule has 1 saturated carbocycles. The van der Waals surface area contributed by atoms with Gasteiger partial charge in [-0.1, -0.05) is 12.0 Å². The highest BCUT2D eigenvalue weighted by molar-refractivity contribution is 7.89. The van der Waals surface area contributed by atoms with E-state index in [4.69, 9.17) is 11.2 Å². The van der Waals surface area contributed by atoms with Crippen molar-refractivity contribution in [2.45, 2.75) is 23.8 Å². The van der Waals surface area contributed by atoms with E-state index >= 15 is 0 Å². The number of sulfonamides is 1. The molecule has 1 aliphatic carbocycles. The van der Waals surface area contributed by atoms with Gasteiger partial charge in [-0.25, -0.2) is 18.0 Å². The van der Waals surface area contributed by atoms with Crippen molar-refractivity contribution in [2.75, 3.05) is 13.2 Å². The van der Waals surface area contributed by atoms with Crippen LogP contribution in [-0.2, 0) is 19.6 Å². The van der Waals surface area contributed by atoms with E-state index in [1.807, 2.05) is 5.32 Å². The Hall–Kier alpha value is -2.90. The minimum absolute atomic E-state index is 0.0659. The van der Waals surface area contributed by atoms with E-state index in [2.05, 4.69) is 16.0 Å². The zero-order valence-electron chi connectivity index (χ0n) is 13.7. The van der Waals surface area contributed by atoms with Gasteiger partial charge in [0.15, 0.2) is 6.61 Å². The van der Waals surface area contributed by atoms with E-state index in [0.717, 1.165) is 18.9 Å². The highest BCUT2D eigenvalue weighted by Gasteiger charge is 2.24. The lowest BCUT2D eigenvalue weighted by Crippen LogP contribution is -2.42. The number of carbonyl (C=O) groups is 3. The molecule has 9 nitrogen and oxygen atoms in total. The number of esters is 1. The number of benzene rings is 1. The monoisotopic (exact) mass is 379 g/mol. The Kier molecular flexibility index (Phi) is 6.32. The molecule has 1 aromatic carbocycles. The molecule has 3 amide bonds. The maximum atomic E-state index is 12.0. The fourth-order valence-corrected chi connectivity index (χ4v) is 2.82. The number of rotatable bonds is 7. The topological polar surface area (TPSA) is 131 Å². The van der Waals surface area contributed by atoms with Crippen LogP contribution in [0.15, 0.2) is 29.2 Å². The molecule has 10 heteroatoms. The van der Waals surface area contributed by atoms with Crippen LogP contribution in [0.25, 0.3) is 0 Å². The summed E-state index contributed by atoms with van der Waals surface area (Å²) in [7, 11) is -3.86. The number of amides is 3. The van der Waals surface area contributed by atoms with E-state index in [9.17, 15) is 22.8 Å². The molecule has 0 atom stereocenters. The summed E-state index contributed by atoms with van der Waals surface area (Å²) in [6, 6.07) is 4.49. The normalized spacial score (nSPS) is 13.3. The van der Waals surface area contributed by atoms with E-state index < -0.39 is 34.5 Å². The van der Waals surface area contributed by atoms with Gasteiger partial charge in [0.1, 0.15) is 0 Å². The second-order valence-corrected chi connectivity index (χ2v) is 7.20. The number of hydrogen-bond acceptors (Lipinski definition) is 6.